The van der Waals surface area contributed by atoms with Gasteiger partial charge >= 0.3 is 0 Å². The standard InChI is InChI=1S/C38H22N4O/c1-2-10-24-21-26(19-18-23(24)9-1)36-40-37(30-15-7-16-32-34(30)35-33(43-32)17-8-20-39-35)42-38(41-36)31-22-25-11-3-4-12-27(25)28-13-5-6-14-29(28)31/h1-22H. The van der Waals surface area contributed by atoms with Gasteiger partial charge in [-0.3, -0.25) is 4.98 Å². The van der Waals surface area contributed by atoms with Crippen LogP contribution in [0.2, 0.25) is 0 Å². The normalized spacial score (nSPS) is 11.7. The summed E-state index contributed by atoms with van der Waals surface area (Å²) in [5.41, 5.74) is 5.01. The van der Waals surface area contributed by atoms with Crippen molar-refractivity contribution in [3.8, 4) is 34.2 Å². The number of hydrogen-bond donors (Lipinski definition) is 0. The zero-order valence-electron chi connectivity index (χ0n) is 22.9. The minimum atomic E-state index is 0.573. The van der Waals surface area contributed by atoms with E-state index >= 15 is 0 Å². The quantitative estimate of drug-likeness (QED) is 0.205. The van der Waals surface area contributed by atoms with Crippen LogP contribution in [0.15, 0.2) is 138 Å². The molecule has 9 rings (SSSR count). The maximum atomic E-state index is 6.16. The Morgan fingerprint density at radius 2 is 1.14 bits per heavy atom. The highest BCUT2D eigenvalue weighted by atomic mass is 16.3. The summed E-state index contributed by atoms with van der Waals surface area (Å²) in [5.74, 6) is 1.80. The molecule has 3 heterocycles. The first kappa shape index (κ1) is 23.7. The first-order valence-electron chi connectivity index (χ1n) is 14.2. The molecule has 0 bridgehead atoms. The Bertz CT molecular complexity index is 2530. The number of furan rings is 1. The molecule has 5 heteroatoms. The molecule has 0 saturated heterocycles. The monoisotopic (exact) mass is 550 g/mol. The first-order valence-corrected chi connectivity index (χ1v) is 14.2. The third kappa shape index (κ3) is 3.79. The molecule has 0 N–H and O–H groups in total. The molecule has 0 amide bonds. The van der Waals surface area contributed by atoms with Crippen LogP contribution in [-0.4, -0.2) is 19.9 Å². The lowest BCUT2D eigenvalue weighted by Gasteiger charge is -2.13. The Morgan fingerprint density at radius 1 is 0.442 bits per heavy atom. The Hall–Kier alpha value is -5.94. The number of rotatable bonds is 3. The van der Waals surface area contributed by atoms with Crippen molar-refractivity contribution >= 4 is 54.4 Å². The number of aromatic nitrogens is 4. The summed E-state index contributed by atoms with van der Waals surface area (Å²) < 4.78 is 6.16. The fourth-order valence-corrected chi connectivity index (χ4v) is 6.14. The van der Waals surface area contributed by atoms with Gasteiger partial charge in [0, 0.05) is 22.9 Å². The zero-order valence-corrected chi connectivity index (χ0v) is 22.9. The van der Waals surface area contributed by atoms with Crippen LogP contribution in [0.5, 0.6) is 0 Å². The predicted octanol–water partition coefficient (Wildman–Crippen LogP) is 9.63. The second-order valence-electron chi connectivity index (χ2n) is 10.7. The number of fused-ring (bicyclic) bond motifs is 7. The van der Waals surface area contributed by atoms with Crippen molar-refractivity contribution in [1.29, 1.82) is 0 Å². The SMILES string of the molecule is c1ccc2cc(-c3nc(-c4cc5ccccc5c5ccccc45)nc(-c4cccc5oc6cccnc6c45)n3)ccc2c1. The van der Waals surface area contributed by atoms with Gasteiger partial charge in [0.15, 0.2) is 23.1 Å². The molecule has 0 saturated carbocycles. The highest BCUT2D eigenvalue weighted by Gasteiger charge is 2.19. The van der Waals surface area contributed by atoms with Crippen LogP contribution in [0.4, 0.5) is 0 Å². The van der Waals surface area contributed by atoms with E-state index in [1.165, 1.54) is 10.8 Å². The van der Waals surface area contributed by atoms with E-state index in [4.69, 9.17) is 19.4 Å². The Morgan fingerprint density at radius 3 is 2.02 bits per heavy atom. The van der Waals surface area contributed by atoms with Gasteiger partial charge in [0.25, 0.3) is 0 Å². The summed E-state index contributed by atoms with van der Waals surface area (Å²) in [6.07, 6.45) is 1.79. The Kier molecular flexibility index (Phi) is 5.13. The lowest BCUT2D eigenvalue weighted by Crippen LogP contribution is -2.01. The smallest absolute Gasteiger partial charge is 0.164 e. The maximum absolute atomic E-state index is 6.16. The molecule has 0 atom stereocenters. The van der Waals surface area contributed by atoms with Crippen LogP contribution in [0.25, 0.3) is 88.5 Å². The van der Waals surface area contributed by atoms with Crippen molar-refractivity contribution in [2.75, 3.05) is 0 Å². The number of pyridine rings is 1. The molecule has 0 aliphatic heterocycles. The second-order valence-corrected chi connectivity index (χ2v) is 10.7. The van der Waals surface area contributed by atoms with Crippen molar-refractivity contribution in [3.05, 3.63) is 134 Å². The minimum absolute atomic E-state index is 0.573. The molecule has 3 aromatic heterocycles. The van der Waals surface area contributed by atoms with E-state index < -0.39 is 0 Å². The summed E-state index contributed by atoms with van der Waals surface area (Å²) in [7, 11) is 0. The van der Waals surface area contributed by atoms with E-state index in [1.807, 2.05) is 30.3 Å². The minimum Gasteiger partial charge on any atom is -0.454 e. The van der Waals surface area contributed by atoms with Crippen molar-refractivity contribution < 1.29 is 4.42 Å². The fourth-order valence-electron chi connectivity index (χ4n) is 6.14. The van der Waals surface area contributed by atoms with E-state index in [0.717, 1.165) is 60.3 Å². The van der Waals surface area contributed by atoms with Crippen LogP contribution >= 0.6 is 0 Å². The van der Waals surface area contributed by atoms with Gasteiger partial charge in [0.2, 0.25) is 0 Å². The molecule has 0 fully saturated rings. The van der Waals surface area contributed by atoms with Crippen LogP contribution in [0.1, 0.15) is 0 Å². The van der Waals surface area contributed by atoms with E-state index in [2.05, 4.69) is 102 Å². The van der Waals surface area contributed by atoms with Gasteiger partial charge in [-0.25, -0.2) is 15.0 Å². The zero-order chi connectivity index (χ0) is 28.3. The van der Waals surface area contributed by atoms with Gasteiger partial charge < -0.3 is 4.42 Å². The van der Waals surface area contributed by atoms with Gasteiger partial charge in [0.05, 0.1) is 5.39 Å². The molecule has 5 nitrogen and oxygen atoms in total. The summed E-state index contributed by atoms with van der Waals surface area (Å²) in [4.78, 5) is 20.0. The third-order valence-electron chi connectivity index (χ3n) is 8.15. The van der Waals surface area contributed by atoms with Crippen LogP contribution in [0.3, 0.4) is 0 Å². The molecule has 200 valence electrons. The van der Waals surface area contributed by atoms with E-state index in [9.17, 15) is 0 Å². The van der Waals surface area contributed by atoms with Gasteiger partial charge in [0.1, 0.15) is 11.1 Å². The molecule has 0 unspecified atom stereocenters. The van der Waals surface area contributed by atoms with Crippen molar-refractivity contribution in [1.82, 2.24) is 19.9 Å². The fraction of sp³-hybridized carbons (Fsp3) is 0. The highest BCUT2D eigenvalue weighted by molar-refractivity contribution is 6.13. The summed E-state index contributed by atoms with van der Waals surface area (Å²) in [6.45, 7) is 0. The Balaban J connectivity index is 1.37. The highest BCUT2D eigenvalue weighted by Crippen LogP contribution is 2.38. The van der Waals surface area contributed by atoms with Gasteiger partial charge in [-0.1, -0.05) is 97.1 Å². The van der Waals surface area contributed by atoms with Gasteiger partial charge in [-0.15, -0.1) is 0 Å². The molecular weight excluding hydrogens is 528 g/mol. The molecule has 0 aliphatic rings. The summed E-state index contributed by atoms with van der Waals surface area (Å²) >= 11 is 0. The topological polar surface area (TPSA) is 64.7 Å². The molecule has 0 radical (unpaired) electrons. The lowest BCUT2D eigenvalue weighted by atomic mass is 9.96. The molecule has 9 aromatic rings. The summed E-state index contributed by atoms with van der Waals surface area (Å²) in [6, 6.07) is 43.6. The van der Waals surface area contributed by atoms with E-state index in [0.29, 0.717) is 17.5 Å². The number of hydrogen-bond acceptors (Lipinski definition) is 5. The van der Waals surface area contributed by atoms with Crippen molar-refractivity contribution in [2.45, 2.75) is 0 Å². The maximum Gasteiger partial charge on any atom is 0.164 e. The van der Waals surface area contributed by atoms with Crippen molar-refractivity contribution in [3.63, 3.8) is 0 Å². The lowest BCUT2D eigenvalue weighted by molar-refractivity contribution is 0.668. The van der Waals surface area contributed by atoms with Crippen LogP contribution in [-0.2, 0) is 0 Å². The molecule has 43 heavy (non-hydrogen) atoms. The average Bonchev–Trinajstić information content (AvgIpc) is 3.46. The molecule has 6 aromatic carbocycles. The molecule has 0 aliphatic carbocycles. The number of benzene rings is 6. The van der Waals surface area contributed by atoms with Crippen molar-refractivity contribution in [2.24, 2.45) is 0 Å². The third-order valence-corrected chi connectivity index (χ3v) is 8.15. The van der Waals surface area contributed by atoms with Gasteiger partial charge in [-0.05, 0) is 62.6 Å². The number of nitrogens with zero attached hydrogens (tertiary/aromatic N) is 4. The van der Waals surface area contributed by atoms with Crippen LogP contribution < -0.4 is 0 Å². The molecular formula is C38H22N4O. The molecule has 0 spiro atoms. The Labute approximate surface area is 246 Å². The first-order chi connectivity index (χ1) is 21.3. The second kappa shape index (κ2) is 9.29. The van der Waals surface area contributed by atoms with E-state index in [1.54, 1.807) is 6.20 Å². The van der Waals surface area contributed by atoms with Crippen LogP contribution in [0, 0.1) is 0 Å². The largest absolute Gasteiger partial charge is 0.454 e. The van der Waals surface area contributed by atoms with E-state index in [-0.39, 0.29) is 0 Å². The summed E-state index contributed by atoms with van der Waals surface area (Å²) in [5, 5.41) is 7.79. The predicted molar refractivity (Wildman–Crippen MR) is 174 cm³/mol. The average molecular weight is 551 g/mol. The van der Waals surface area contributed by atoms with Gasteiger partial charge in [-0.2, -0.15) is 0 Å².